The van der Waals surface area contributed by atoms with Crippen molar-refractivity contribution in [3.8, 4) is 0 Å². The monoisotopic (exact) mass is 189 g/mol. The largest absolute Gasteiger partial charge is 0.342 e. The lowest BCUT2D eigenvalue weighted by Crippen LogP contribution is -2.15. The number of rotatable bonds is 3. The fourth-order valence-electron chi connectivity index (χ4n) is 1.49. The van der Waals surface area contributed by atoms with Gasteiger partial charge in [0.15, 0.2) is 0 Å². The normalized spacial score (nSPS) is 13.3. The van der Waals surface area contributed by atoms with Crippen molar-refractivity contribution >= 4 is 11.0 Å². The van der Waals surface area contributed by atoms with E-state index < -0.39 is 0 Å². The van der Waals surface area contributed by atoms with Gasteiger partial charge >= 0.3 is 0 Å². The number of fused-ring (bicyclic) bond motifs is 1. The topological polar surface area (TPSA) is 54.7 Å². The molecule has 2 aromatic rings. The van der Waals surface area contributed by atoms with Crippen LogP contribution in [0.1, 0.15) is 19.2 Å². The van der Waals surface area contributed by atoms with Gasteiger partial charge in [0, 0.05) is 12.5 Å². The third-order valence-corrected chi connectivity index (χ3v) is 2.27. The zero-order valence-electron chi connectivity index (χ0n) is 8.33. The molecule has 74 valence electrons. The highest BCUT2D eigenvalue weighted by molar-refractivity contribution is 5.74. The lowest BCUT2D eigenvalue weighted by Gasteiger charge is -2.00. The Morgan fingerprint density at radius 2 is 2.21 bits per heavy atom. The molecule has 0 radical (unpaired) electrons. The van der Waals surface area contributed by atoms with E-state index in [1.165, 1.54) is 0 Å². The molecule has 2 rings (SSSR count). The Balaban J connectivity index is 2.19. The molecule has 1 atom stereocenters. The first-order chi connectivity index (χ1) is 6.75. The molecule has 3 nitrogen and oxygen atoms in total. The van der Waals surface area contributed by atoms with Crippen molar-refractivity contribution in [3.05, 3.63) is 30.1 Å². The smallest absolute Gasteiger partial charge is 0.107 e. The van der Waals surface area contributed by atoms with Crippen LogP contribution in [0.2, 0.25) is 0 Å². The summed E-state index contributed by atoms with van der Waals surface area (Å²) in [7, 11) is 0. The van der Waals surface area contributed by atoms with Gasteiger partial charge in [-0.05, 0) is 25.5 Å². The van der Waals surface area contributed by atoms with Crippen molar-refractivity contribution < 1.29 is 0 Å². The van der Waals surface area contributed by atoms with Gasteiger partial charge in [0.2, 0.25) is 0 Å². The van der Waals surface area contributed by atoms with Crippen molar-refractivity contribution in [1.82, 2.24) is 9.97 Å². The van der Waals surface area contributed by atoms with Crippen LogP contribution in [0.25, 0.3) is 11.0 Å². The predicted octanol–water partition coefficient (Wildman–Crippen LogP) is 1.84. The van der Waals surface area contributed by atoms with Crippen LogP contribution in [0.15, 0.2) is 24.3 Å². The summed E-state index contributed by atoms with van der Waals surface area (Å²) in [4.78, 5) is 7.76. The number of nitrogens with one attached hydrogen (secondary N) is 1. The van der Waals surface area contributed by atoms with Crippen molar-refractivity contribution in [3.63, 3.8) is 0 Å². The van der Waals surface area contributed by atoms with Crippen LogP contribution in [-0.4, -0.2) is 16.0 Å². The summed E-state index contributed by atoms with van der Waals surface area (Å²) in [6.45, 7) is 2.02. The lowest BCUT2D eigenvalue weighted by molar-refractivity contribution is 0.652. The van der Waals surface area contributed by atoms with Crippen molar-refractivity contribution in [2.75, 3.05) is 0 Å². The number of hydrogen-bond donors (Lipinski definition) is 2. The molecular formula is C11H15N3. The maximum Gasteiger partial charge on any atom is 0.107 e. The molecule has 1 aromatic heterocycles. The van der Waals surface area contributed by atoms with Gasteiger partial charge in [-0.15, -0.1) is 0 Å². The lowest BCUT2D eigenvalue weighted by atomic mass is 10.2. The van der Waals surface area contributed by atoms with E-state index in [-0.39, 0.29) is 6.04 Å². The van der Waals surface area contributed by atoms with E-state index in [1.54, 1.807) is 0 Å². The van der Waals surface area contributed by atoms with Crippen LogP contribution in [0.5, 0.6) is 0 Å². The average Bonchev–Trinajstić information content (AvgIpc) is 2.57. The first kappa shape index (κ1) is 9.21. The number of aromatic nitrogens is 2. The molecule has 0 aliphatic heterocycles. The van der Waals surface area contributed by atoms with Crippen LogP contribution < -0.4 is 5.73 Å². The fourth-order valence-corrected chi connectivity index (χ4v) is 1.49. The number of hydrogen-bond acceptors (Lipinski definition) is 2. The predicted molar refractivity (Wildman–Crippen MR) is 58.1 cm³/mol. The summed E-state index contributed by atoms with van der Waals surface area (Å²) in [6.07, 6.45) is 1.90. The van der Waals surface area contributed by atoms with E-state index in [2.05, 4.69) is 9.97 Å². The number of aromatic amines is 1. The standard InChI is InChI=1S/C11H15N3/c1-8(12)6-7-11-13-9-4-2-3-5-10(9)14-11/h2-5,8H,6-7,12H2,1H3,(H,13,14)/t8-/m1/s1. The fraction of sp³-hybridized carbons (Fsp3) is 0.364. The van der Waals surface area contributed by atoms with Gasteiger partial charge in [0.1, 0.15) is 5.82 Å². The maximum absolute atomic E-state index is 5.69. The van der Waals surface area contributed by atoms with Crippen LogP contribution in [0, 0.1) is 0 Å². The highest BCUT2D eigenvalue weighted by Gasteiger charge is 2.02. The number of imidazole rings is 1. The van der Waals surface area contributed by atoms with Crippen molar-refractivity contribution in [2.24, 2.45) is 5.73 Å². The molecule has 0 saturated carbocycles. The second-order valence-electron chi connectivity index (χ2n) is 3.72. The maximum atomic E-state index is 5.69. The average molecular weight is 189 g/mol. The number of nitrogens with zero attached hydrogens (tertiary/aromatic N) is 1. The molecule has 0 amide bonds. The summed E-state index contributed by atoms with van der Waals surface area (Å²) in [5.74, 6) is 1.03. The Morgan fingerprint density at radius 1 is 1.43 bits per heavy atom. The molecule has 0 spiro atoms. The Kier molecular flexibility index (Phi) is 2.50. The molecule has 14 heavy (non-hydrogen) atoms. The van der Waals surface area contributed by atoms with Gasteiger partial charge in [-0.2, -0.15) is 0 Å². The molecule has 0 aliphatic rings. The van der Waals surface area contributed by atoms with Gasteiger partial charge in [0.05, 0.1) is 11.0 Å². The van der Waals surface area contributed by atoms with Crippen molar-refractivity contribution in [1.29, 1.82) is 0 Å². The Labute approximate surface area is 83.3 Å². The number of benzene rings is 1. The second-order valence-corrected chi connectivity index (χ2v) is 3.72. The zero-order chi connectivity index (χ0) is 9.97. The molecule has 1 aromatic carbocycles. The van der Waals surface area contributed by atoms with E-state index in [4.69, 9.17) is 5.73 Å². The second kappa shape index (κ2) is 3.80. The Hall–Kier alpha value is -1.35. The van der Waals surface area contributed by atoms with E-state index >= 15 is 0 Å². The summed E-state index contributed by atoms with van der Waals surface area (Å²) in [5, 5.41) is 0. The SMILES string of the molecule is C[C@@H](N)CCc1nc2ccccc2[nH]1. The highest BCUT2D eigenvalue weighted by atomic mass is 14.9. The minimum absolute atomic E-state index is 0.239. The molecule has 3 heteroatoms. The minimum atomic E-state index is 0.239. The van der Waals surface area contributed by atoms with Crippen molar-refractivity contribution in [2.45, 2.75) is 25.8 Å². The van der Waals surface area contributed by atoms with Crippen LogP contribution in [-0.2, 0) is 6.42 Å². The van der Waals surface area contributed by atoms with Gasteiger partial charge in [0.25, 0.3) is 0 Å². The zero-order valence-corrected chi connectivity index (χ0v) is 8.33. The van der Waals surface area contributed by atoms with Gasteiger partial charge < -0.3 is 10.7 Å². The number of para-hydroxylation sites is 2. The first-order valence-corrected chi connectivity index (χ1v) is 4.95. The Morgan fingerprint density at radius 3 is 2.93 bits per heavy atom. The summed E-state index contributed by atoms with van der Waals surface area (Å²) < 4.78 is 0. The molecule has 0 saturated heterocycles. The number of nitrogens with two attached hydrogens (primary N) is 1. The quantitative estimate of drug-likeness (QED) is 0.774. The van der Waals surface area contributed by atoms with Crippen LogP contribution in [0.3, 0.4) is 0 Å². The third kappa shape index (κ3) is 1.93. The molecule has 0 unspecified atom stereocenters. The summed E-state index contributed by atoms with van der Waals surface area (Å²) in [5.41, 5.74) is 7.83. The van der Waals surface area contributed by atoms with Gasteiger partial charge in [-0.1, -0.05) is 12.1 Å². The highest BCUT2D eigenvalue weighted by Crippen LogP contribution is 2.11. The molecular weight excluding hydrogens is 174 g/mol. The van der Waals surface area contributed by atoms with Gasteiger partial charge in [-0.25, -0.2) is 4.98 Å². The van der Waals surface area contributed by atoms with Crippen LogP contribution >= 0.6 is 0 Å². The molecule has 1 heterocycles. The van der Waals surface area contributed by atoms with E-state index in [0.29, 0.717) is 0 Å². The van der Waals surface area contributed by atoms with E-state index in [9.17, 15) is 0 Å². The van der Waals surface area contributed by atoms with E-state index in [0.717, 1.165) is 29.7 Å². The van der Waals surface area contributed by atoms with E-state index in [1.807, 2.05) is 31.2 Å². The van der Waals surface area contributed by atoms with Crippen LogP contribution in [0.4, 0.5) is 0 Å². The minimum Gasteiger partial charge on any atom is -0.342 e. The first-order valence-electron chi connectivity index (χ1n) is 4.95. The summed E-state index contributed by atoms with van der Waals surface area (Å²) >= 11 is 0. The number of H-pyrrole nitrogens is 1. The number of aryl methyl sites for hydroxylation is 1. The summed E-state index contributed by atoms with van der Waals surface area (Å²) in [6, 6.07) is 8.30. The molecule has 0 fully saturated rings. The molecule has 3 N–H and O–H groups in total. The molecule has 0 bridgehead atoms. The van der Waals surface area contributed by atoms with Gasteiger partial charge in [-0.3, -0.25) is 0 Å². The Bertz CT molecular complexity index is 384. The third-order valence-electron chi connectivity index (χ3n) is 2.27. The molecule has 0 aliphatic carbocycles.